The lowest BCUT2D eigenvalue weighted by atomic mass is 10.0. The van der Waals surface area contributed by atoms with Crippen LogP contribution in [0, 0.1) is 0 Å². The van der Waals surface area contributed by atoms with Gasteiger partial charge in [-0.25, -0.2) is 0 Å². The number of amides is 3. The van der Waals surface area contributed by atoms with E-state index in [9.17, 15) is 14.4 Å². The van der Waals surface area contributed by atoms with Crippen molar-refractivity contribution in [2.75, 3.05) is 6.54 Å². The van der Waals surface area contributed by atoms with Crippen LogP contribution in [-0.2, 0) is 27.2 Å². The van der Waals surface area contributed by atoms with Crippen molar-refractivity contribution in [1.29, 1.82) is 0 Å². The molecule has 10 heteroatoms. The Labute approximate surface area is 199 Å². The summed E-state index contributed by atoms with van der Waals surface area (Å²) in [6.45, 7) is 0.292. The Hall–Kier alpha value is -3.92. The molecule has 3 amide bonds. The summed E-state index contributed by atoms with van der Waals surface area (Å²) in [7, 11) is 0. The first-order chi connectivity index (χ1) is 16.3. The molecule has 0 aliphatic carbocycles. The fourth-order valence-electron chi connectivity index (χ4n) is 3.36. The van der Waals surface area contributed by atoms with Gasteiger partial charge in [0.2, 0.25) is 17.7 Å². The van der Waals surface area contributed by atoms with Crippen molar-refractivity contribution in [2.24, 2.45) is 27.9 Å². The Morgan fingerprint density at radius 3 is 1.82 bits per heavy atom. The third kappa shape index (κ3) is 9.29. The van der Waals surface area contributed by atoms with Gasteiger partial charge in [-0.2, -0.15) is 0 Å². The number of carbonyl (C=O) groups excluding carboxylic acids is 3. The Bertz CT molecular complexity index is 963. The molecule has 0 saturated heterocycles. The van der Waals surface area contributed by atoms with E-state index in [1.54, 1.807) is 0 Å². The van der Waals surface area contributed by atoms with E-state index in [0.29, 0.717) is 19.4 Å². The number of hydrogen-bond donors (Lipinski definition) is 6. The number of hydrogen-bond acceptors (Lipinski definition) is 5. The molecule has 0 unspecified atom stereocenters. The zero-order valence-electron chi connectivity index (χ0n) is 19.0. The number of nitrogens with two attached hydrogens (primary N) is 4. The smallest absolute Gasteiger partial charge is 0.243 e. The van der Waals surface area contributed by atoms with Gasteiger partial charge in [-0.3, -0.25) is 19.4 Å². The highest BCUT2D eigenvalue weighted by Gasteiger charge is 2.27. The third-order valence-electron chi connectivity index (χ3n) is 5.16. The van der Waals surface area contributed by atoms with Gasteiger partial charge >= 0.3 is 0 Å². The van der Waals surface area contributed by atoms with E-state index in [4.69, 9.17) is 22.9 Å². The second-order valence-corrected chi connectivity index (χ2v) is 7.96. The summed E-state index contributed by atoms with van der Waals surface area (Å²) in [4.78, 5) is 41.6. The molecule has 0 aliphatic heterocycles. The first-order valence-corrected chi connectivity index (χ1v) is 11.0. The summed E-state index contributed by atoms with van der Waals surface area (Å²) in [6.07, 6.45) is 1.22. The molecule has 0 fully saturated rings. The van der Waals surface area contributed by atoms with E-state index in [-0.39, 0.29) is 18.8 Å². The third-order valence-corrected chi connectivity index (χ3v) is 5.16. The second kappa shape index (κ2) is 13.6. The van der Waals surface area contributed by atoms with Gasteiger partial charge in [-0.15, -0.1) is 0 Å². The lowest BCUT2D eigenvalue weighted by Gasteiger charge is -2.23. The SMILES string of the molecule is NC(=O)[C@H](CCCN=C(N)N)NC(=O)[C@H](Cc1ccccc1)NC(=O)[C@@H](N)Cc1ccccc1. The molecule has 10 nitrogen and oxygen atoms in total. The maximum Gasteiger partial charge on any atom is 0.243 e. The van der Waals surface area contributed by atoms with E-state index in [1.165, 1.54) is 0 Å². The van der Waals surface area contributed by atoms with Gasteiger partial charge < -0.3 is 33.6 Å². The molecule has 0 aromatic heterocycles. The van der Waals surface area contributed by atoms with Crippen molar-refractivity contribution in [3.05, 3.63) is 71.8 Å². The van der Waals surface area contributed by atoms with Gasteiger partial charge in [0.15, 0.2) is 5.96 Å². The van der Waals surface area contributed by atoms with Crippen molar-refractivity contribution >= 4 is 23.7 Å². The normalized spacial score (nSPS) is 13.2. The summed E-state index contributed by atoms with van der Waals surface area (Å²) in [6, 6.07) is 15.8. The number of aliphatic imine (C=N–C) groups is 1. The Balaban J connectivity index is 2.08. The quantitative estimate of drug-likeness (QED) is 0.128. The van der Waals surface area contributed by atoms with Crippen LogP contribution in [0.15, 0.2) is 65.7 Å². The molecule has 0 spiro atoms. The fourth-order valence-corrected chi connectivity index (χ4v) is 3.36. The molecule has 2 aromatic rings. The molecule has 2 rings (SSSR count). The van der Waals surface area contributed by atoms with E-state index in [1.807, 2.05) is 60.7 Å². The zero-order valence-corrected chi connectivity index (χ0v) is 19.0. The second-order valence-electron chi connectivity index (χ2n) is 7.96. The zero-order chi connectivity index (χ0) is 24.9. The van der Waals surface area contributed by atoms with Crippen molar-refractivity contribution < 1.29 is 14.4 Å². The highest BCUT2D eigenvalue weighted by molar-refractivity contribution is 5.92. The van der Waals surface area contributed by atoms with Crippen molar-refractivity contribution in [3.63, 3.8) is 0 Å². The minimum Gasteiger partial charge on any atom is -0.370 e. The molecular formula is C24H33N7O3. The summed E-state index contributed by atoms with van der Waals surface area (Å²) in [5, 5.41) is 5.37. The maximum atomic E-state index is 13.1. The van der Waals surface area contributed by atoms with Crippen molar-refractivity contribution in [1.82, 2.24) is 10.6 Å². The summed E-state index contributed by atoms with van der Waals surface area (Å²) in [5.74, 6) is -1.75. The van der Waals surface area contributed by atoms with E-state index in [0.717, 1.165) is 11.1 Å². The van der Waals surface area contributed by atoms with Gasteiger partial charge in [-0.05, 0) is 30.4 Å². The largest absolute Gasteiger partial charge is 0.370 e. The Kier molecular flexibility index (Phi) is 10.5. The minimum atomic E-state index is -0.948. The number of carbonyl (C=O) groups is 3. The van der Waals surface area contributed by atoms with Gasteiger partial charge in [0, 0.05) is 13.0 Å². The number of guanidine groups is 1. The highest BCUT2D eigenvalue weighted by Crippen LogP contribution is 2.07. The highest BCUT2D eigenvalue weighted by atomic mass is 16.2. The number of benzene rings is 2. The first kappa shape index (κ1) is 26.3. The average molecular weight is 468 g/mol. The average Bonchev–Trinajstić information content (AvgIpc) is 2.81. The molecule has 34 heavy (non-hydrogen) atoms. The number of nitrogens with zero attached hydrogens (tertiary/aromatic N) is 1. The summed E-state index contributed by atoms with van der Waals surface area (Å²) < 4.78 is 0. The molecule has 0 heterocycles. The van der Waals surface area contributed by atoms with Crippen LogP contribution in [0.25, 0.3) is 0 Å². The minimum absolute atomic E-state index is 0.0582. The molecular weight excluding hydrogens is 434 g/mol. The van der Waals surface area contributed by atoms with Crippen LogP contribution >= 0.6 is 0 Å². The van der Waals surface area contributed by atoms with Crippen LogP contribution in [0.3, 0.4) is 0 Å². The predicted molar refractivity (Wildman–Crippen MR) is 131 cm³/mol. The topological polar surface area (TPSA) is 192 Å². The van der Waals surface area contributed by atoms with Gasteiger partial charge in [0.1, 0.15) is 12.1 Å². The lowest BCUT2D eigenvalue weighted by molar-refractivity contribution is -0.131. The lowest BCUT2D eigenvalue weighted by Crippen LogP contribution is -2.56. The molecule has 10 N–H and O–H groups in total. The monoisotopic (exact) mass is 467 g/mol. The number of primary amides is 1. The Morgan fingerprint density at radius 1 is 0.765 bits per heavy atom. The molecule has 3 atom stereocenters. The van der Waals surface area contributed by atoms with E-state index in [2.05, 4.69) is 15.6 Å². The van der Waals surface area contributed by atoms with Crippen molar-refractivity contribution in [2.45, 2.75) is 43.8 Å². The summed E-state index contributed by atoms with van der Waals surface area (Å²) in [5.41, 5.74) is 23.9. The molecule has 0 radical (unpaired) electrons. The Morgan fingerprint density at radius 2 is 1.29 bits per heavy atom. The fraction of sp³-hybridized carbons (Fsp3) is 0.333. The van der Waals surface area contributed by atoms with Gasteiger partial charge in [0.25, 0.3) is 0 Å². The van der Waals surface area contributed by atoms with Gasteiger partial charge in [-0.1, -0.05) is 60.7 Å². The molecule has 0 bridgehead atoms. The summed E-state index contributed by atoms with van der Waals surface area (Å²) >= 11 is 0. The van der Waals surface area contributed by atoms with E-state index < -0.39 is 35.8 Å². The van der Waals surface area contributed by atoms with Crippen LogP contribution in [0.5, 0.6) is 0 Å². The molecule has 182 valence electrons. The van der Waals surface area contributed by atoms with Crippen LogP contribution in [0.4, 0.5) is 0 Å². The standard InChI is InChI=1S/C24H33N7O3/c25-18(14-16-8-3-1-4-9-16)22(33)31-20(15-17-10-5-2-6-11-17)23(34)30-19(21(26)32)12-7-13-29-24(27)28/h1-6,8-11,18-20H,7,12-15,25H2,(H2,26,32)(H,30,34)(H,31,33)(H4,27,28,29)/t18-,19-,20-/m0/s1. The maximum absolute atomic E-state index is 13.1. The number of rotatable bonds is 13. The first-order valence-electron chi connectivity index (χ1n) is 11.0. The van der Waals surface area contributed by atoms with Gasteiger partial charge in [0.05, 0.1) is 6.04 Å². The molecule has 2 aromatic carbocycles. The molecule has 0 aliphatic rings. The molecule has 0 saturated carbocycles. The van der Waals surface area contributed by atoms with Crippen LogP contribution in [0.1, 0.15) is 24.0 Å². The van der Waals surface area contributed by atoms with E-state index >= 15 is 0 Å². The predicted octanol–water partition coefficient (Wildman–Crippen LogP) is -0.692. The van der Waals surface area contributed by atoms with Crippen molar-refractivity contribution in [3.8, 4) is 0 Å². The number of nitrogens with one attached hydrogen (secondary N) is 2. The van der Waals surface area contributed by atoms with Crippen LogP contribution in [-0.4, -0.2) is 48.4 Å². The van der Waals surface area contributed by atoms with Crippen LogP contribution in [0.2, 0.25) is 0 Å². The van der Waals surface area contributed by atoms with Crippen LogP contribution < -0.4 is 33.6 Å².